The first-order valence-electron chi connectivity index (χ1n) is 5.95. The van der Waals surface area contributed by atoms with Crippen molar-refractivity contribution in [2.24, 2.45) is 5.73 Å². The third-order valence-electron chi connectivity index (χ3n) is 3.14. The number of benzene rings is 1. The highest BCUT2D eigenvalue weighted by molar-refractivity contribution is 9.10. The fourth-order valence-corrected chi connectivity index (χ4v) is 5.61. The van der Waals surface area contributed by atoms with E-state index in [-0.39, 0.29) is 0 Å². The SMILES string of the molecule is CS(=O)(=O)C1CSCCN1c1ccc(CN)cc1Br. The van der Waals surface area contributed by atoms with Crippen LogP contribution in [0, 0.1) is 0 Å². The number of anilines is 1. The number of halogens is 1. The van der Waals surface area contributed by atoms with Gasteiger partial charge in [0, 0.05) is 35.3 Å². The van der Waals surface area contributed by atoms with Gasteiger partial charge in [-0.1, -0.05) is 6.07 Å². The number of sulfone groups is 1. The molecule has 7 heteroatoms. The molecule has 106 valence electrons. The molecule has 1 fully saturated rings. The molecule has 0 radical (unpaired) electrons. The third-order valence-corrected chi connectivity index (χ3v) is 6.41. The number of nitrogens with two attached hydrogens (primary N) is 1. The summed E-state index contributed by atoms with van der Waals surface area (Å²) in [7, 11) is -3.10. The Morgan fingerprint density at radius 2 is 2.26 bits per heavy atom. The third kappa shape index (κ3) is 3.45. The molecular weight excluding hydrogens is 348 g/mol. The van der Waals surface area contributed by atoms with E-state index >= 15 is 0 Å². The van der Waals surface area contributed by atoms with Crippen molar-refractivity contribution in [3.63, 3.8) is 0 Å². The van der Waals surface area contributed by atoms with E-state index in [1.54, 1.807) is 11.8 Å². The molecule has 2 N–H and O–H groups in total. The van der Waals surface area contributed by atoms with Gasteiger partial charge in [-0.25, -0.2) is 8.42 Å². The molecule has 0 amide bonds. The van der Waals surface area contributed by atoms with E-state index in [2.05, 4.69) is 15.9 Å². The molecule has 0 aromatic heterocycles. The molecule has 0 aliphatic carbocycles. The van der Waals surface area contributed by atoms with Crippen LogP contribution in [-0.4, -0.2) is 38.1 Å². The van der Waals surface area contributed by atoms with Crippen LogP contribution in [0.4, 0.5) is 5.69 Å². The lowest BCUT2D eigenvalue weighted by Crippen LogP contribution is -2.47. The Hall–Kier alpha value is -0.240. The minimum atomic E-state index is -3.10. The summed E-state index contributed by atoms with van der Waals surface area (Å²) in [6.07, 6.45) is 1.30. The molecule has 1 aliphatic rings. The van der Waals surface area contributed by atoms with Gasteiger partial charge in [-0.05, 0) is 33.6 Å². The molecule has 0 spiro atoms. The van der Waals surface area contributed by atoms with Crippen LogP contribution in [0.5, 0.6) is 0 Å². The smallest absolute Gasteiger partial charge is 0.169 e. The maximum absolute atomic E-state index is 11.9. The molecule has 1 aromatic rings. The van der Waals surface area contributed by atoms with Gasteiger partial charge in [0.1, 0.15) is 5.37 Å². The lowest BCUT2D eigenvalue weighted by molar-refractivity contribution is 0.584. The highest BCUT2D eigenvalue weighted by Gasteiger charge is 2.31. The second-order valence-electron chi connectivity index (χ2n) is 4.54. The van der Waals surface area contributed by atoms with Crippen molar-refractivity contribution in [2.45, 2.75) is 11.9 Å². The Labute approximate surface area is 126 Å². The lowest BCUT2D eigenvalue weighted by Gasteiger charge is -2.36. The van der Waals surface area contributed by atoms with Gasteiger partial charge in [-0.3, -0.25) is 0 Å². The van der Waals surface area contributed by atoms with Crippen LogP contribution in [-0.2, 0) is 16.4 Å². The predicted molar refractivity (Wildman–Crippen MR) is 85.3 cm³/mol. The molecule has 4 nitrogen and oxygen atoms in total. The zero-order valence-corrected chi connectivity index (χ0v) is 13.9. The van der Waals surface area contributed by atoms with E-state index in [1.165, 1.54) is 6.26 Å². The molecule has 0 bridgehead atoms. The van der Waals surface area contributed by atoms with Gasteiger partial charge in [0.2, 0.25) is 0 Å². The quantitative estimate of drug-likeness (QED) is 0.886. The van der Waals surface area contributed by atoms with Crippen LogP contribution in [0.25, 0.3) is 0 Å². The number of nitrogens with zero attached hydrogens (tertiary/aromatic N) is 1. The molecule has 1 aliphatic heterocycles. The highest BCUT2D eigenvalue weighted by atomic mass is 79.9. The minimum Gasteiger partial charge on any atom is -0.353 e. The van der Waals surface area contributed by atoms with E-state index in [1.807, 2.05) is 23.1 Å². The Bertz CT molecular complexity index is 563. The normalized spacial score (nSPS) is 20.6. The van der Waals surface area contributed by atoms with E-state index in [9.17, 15) is 8.42 Å². The number of hydrogen-bond acceptors (Lipinski definition) is 5. The molecule has 1 atom stereocenters. The Balaban J connectivity index is 2.38. The van der Waals surface area contributed by atoms with Crippen molar-refractivity contribution in [3.8, 4) is 0 Å². The Morgan fingerprint density at radius 1 is 1.53 bits per heavy atom. The Kier molecular flexibility index (Phi) is 4.81. The van der Waals surface area contributed by atoms with Crippen LogP contribution in [0.15, 0.2) is 22.7 Å². The van der Waals surface area contributed by atoms with Crippen LogP contribution >= 0.6 is 27.7 Å². The first-order chi connectivity index (χ1) is 8.93. The summed E-state index contributed by atoms with van der Waals surface area (Å²) in [5, 5.41) is -0.453. The molecule has 1 saturated heterocycles. The highest BCUT2D eigenvalue weighted by Crippen LogP contribution is 2.33. The largest absolute Gasteiger partial charge is 0.353 e. The zero-order chi connectivity index (χ0) is 14.0. The van der Waals surface area contributed by atoms with Gasteiger partial charge in [-0.2, -0.15) is 11.8 Å². The van der Waals surface area contributed by atoms with Crippen LogP contribution < -0.4 is 10.6 Å². The summed E-state index contributed by atoms with van der Waals surface area (Å²) in [6, 6.07) is 5.85. The average Bonchev–Trinajstić information content (AvgIpc) is 2.37. The fraction of sp³-hybridized carbons (Fsp3) is 0.500. The number of thioether (sulfide) groups is 1. The number of rotatable bonds is 3. The Morgan fingerprint density at radius 3 is 2.84 bits per heavy atom. The van der Waals surface area contributed by atoms with E-state index in [0.717, 1.165) is 28.0 Å². The van der Waals surface area contributed by atoms with Gasteiger partial charge >= 0.3 is 0 Å². The van der Waals surface area contributed by atoms with Crippen molar-refractivity contribution < 1.29 is 8.42 Å². The molecular formula is C12H17BrN2O2S2. The first kappa shape index (κ1) is 15.2. The van der Waals surface area contributed by atoms with E-state index < -0.39 is 15.2 Å². The maximum Gasteiger partial charge on any atom is 0.169 e. The maximum atomic E-state index is 11.9. The molecule has 1 unspecified atom stereocenters. The first-order valence-corrected chi connectivity index (χ1v) is 9.85. The van der Waals surface area contributed by atoms with Gasteiger partial charge in [0.15, 0.2) is 9.84 Å². The fourth-order valence-electron chi connectivity index (χ4n) is 2.12. The topological polar surface area (TPSA) is 63.4 Å². The van der Waals surface area contributed by atoms with Crippen molar-refractivity contribution in [3.05, 3.63) is 28.2 Å². The van der Waals surface area contributed by atoms with Gasteiger partial charge in [-0.15, -0.1) is 0 Å². The van der Waals surface area contributed by atoms with Crippen LogP contribution in [0.3, 0.4) is 0 Å². The molecule has 1 aromatic carbocycles. The molecule has 0 saturated carbocycles. The predicted octanol–water partition coefficient (Wildman–Crippen LogP) is 1.83. The van der Waals surface area contributed by atoms with Gasteiger partial charge in [0.25, 0.3) is 0 Å². The summed E-state index contributed by atoms with van der Waals surface area (Å²) in [5.74, 6) is 1.56. The second kappa shape index (κ2) is 6.03. The van der Waals surface area contributed by atoms with Crippen molar-refractivity contribution >= 4 is 43.2 Å². The van der Waals surface area contributed by atoms with Crippen LogP contribution in [0.1, 0.15) is 5.56 Å². The van der Waals surface area contributed by atoms with Crippen molar-refractivity contribution in [1.29, 1.82) is 0 Å². The standard InChI is InChI=1S/C12H17BrN2O2S2/c1-19(16,17)12-8-18-5-4-15(12)11-3-2-9(7-14)6-10(11)13/h2-3,6,12H,4-5,7-8,14H2,1H3. The zero-order valence-electron chi connectivity index (χ0n) is 10.7. The monoisotopic (exact) mass is 364 g/mol. The summed E-state index contributed by atoms with van der Waals surface area (Å²) in [6.45, 7) is 1.22. The minimum absolute atomic E-state index is 0.453. The molecule has 2 rings (SSSR count). The van der Waals surface area contributed by atoms with Crippen molar-refractivity contribution in [1.82, 2.24) is 0 Å². The van der Waals surface area contributed by atoms with Crippen molar-refractivity contribution in [2.75, 3.05) is 29.2 Å². The summed E-state index contributed by atoms with van der Waals surface area (Å²) in [4.78, 5) is 1.97. The lowest BCUT2D eigenvalue weighted by atomic mass is 10.2. The van der Waals surface area contributed by atoms with Gasteiger partial charge in [0.05, 0.1) is 5.69 Å². The summed E-state index contributed by atoms with van der Waals surface area (Å²) < 4.78 is 24.7. The second-order valence-corrected chi connectivity index (χ2v) is 8.75. The van der Waals surface area contributed by atoms with E-state index in [0.29, 0.717) is 12.3 Å². The average molecular weight is 365 g/mol. The van der Waals surface area contributed by atoms with Gasteiger partial charge < -0.3 is 10.6 Å². The van der Waals surface area contributed by atoms with E-state index in [4.69, 9.17) is 5.73 Å². The summed E-state index contributed by atoms with van der Waals surface area (Å²) in [5.41, 5.74) is 7.56. The molecule has 1 heterocycles. The van der Waals surface area contributed by atoms with Crippen LogP contribution in [0.2, 0.25) is 0 Å². The number of hydrogen-bond donors (Lipinski definition) is 1. The molecule has 19 heavy (non-hydrogen) atoms. The summed E-state index contributed by atoms with van der Waals surface area (Å²) >= 11 is 5.20.